The Hall–Kier alpha value is -3.43. The van der Waals surface area contributed by atoms with E-state index in [2.05, 4.69) is 9.97 Å². The maximum absolute atomic E-state index is 13.4. The third-order valence-electron chi connectivity index (χ3n) is 5.69. The van der Waals surface area contributed by atoms with Crippen LogP contribution in [0.25, 0.3) is 11.0 Å². The lowest BCUT2D eigenvalue weighted by Gasteiger charge is -2.20. The molecule has 3 aromatic rings. The van der Waals surface area contributed by atoms with Gasteiger partial charge in [-0.05, 0) is 43.0 Å². The number of nitrogens with one attached hydrogen (secondary N) is 1. The lowest BCUT2D eigenvalue weighted by atomic mass is 10.1. The number of rotatable bonds is 6. The monoisotopic (exact) mass is 460 g/mol. The molecule has 0 atom stereocenters. The molecule has 1 N–H and O–H groups in total. The summed E-state index contributed by atoms with van der Waals surface area (Å²) < 4.78 is 39.8. The standard InChI is InChI=1S/C23H23F3N4O3/c1-3-10-30-19-18(20(31)28-22(30)33)16(11-17(27-19)14-6-7-14)21(32)29(2)12-13-4-8-15(9-5-13)23(24,25)26/h4-5,8-9,11,14H,3,6-7,10,12H2,1-2H3,(H,28,31,33). The first-order valence-electron chi connectivity index (χ1n) is 10.7. The van der Waals surface area contributed by atoms with Crippen molar-refractivity contribution < 1.29 is 18.0 Å². The van der Waals surface area contributed by atoms with Gasteiger partial charge in [-0.1, -0.05) is 19.1 Å². The molecule has 1 aliphatic carbocycles. The Labute approximate surface area is 186 Å². The van der Waals surface area contributed by atoms with Crippen molar-refractivity contribution in [2.75, 3.05) is 7.05 Å². The van der Waals surface area contributed by atoms with Crippen LogP contribution in [-0.2, 0) is 19.3 Å². The first-order valence-corrected chi connectivity index (χ1v) is 10.7. The van der Waals surface area contributed by atoms with Crippen molar-refractivity contribution >= 4 is 16.9 Å². The molecule has 0 saturated heterocycles. The summed E-state index contributed by atoms with van der Waals surface area (Å²) in [4.78, 5) is 46.6. The molecule has 2 heterocycles. The Balaban J connectivity index is 1.75. The molecule has 0 spiro atoms. The normalized spacial score (nSPS) is 14.0. The van der Waals surface area contributed by atoms with Gasteiger partial charge in [0.2, 0.25) is 0 Å². The lowest BCUT2D eigenvalue weighted by molar-refractivity contribution is -0.137. The number of fused-ring (bicyclic) bond motifs is 1. The molecule has 33 heavy (non-hydrogen) atoms. The Morgan fingerprint density at radius 1 is 1.21 bits per heavy atom. The molecular weight excluding hydrogens is 437 g/mol. The molecule has 174 valence electrons. The number of aromatic amines is 1. The average Bonchev–Trinajstić information content (AvgIpc) is 3.60. The molecule has 2 aromatic heterocycles. The van der Waals surface area contributed by atoms with Gasteiger partial charge in [-0.3, -0.25) is 19.1 Å². The molecule has 1 saturated carbocycles. The highest BCUT2D eigenvalue weighted by molar-refractivity contribution is 6.05. The number of carbonyl (C=O) groups excluding carboxylic acids is 1. The number of aromatic nitrogens is 3. The van der Waals surface area contributed by atoms with Crippen molar-refractivity contribution in [2.45, 2.75) is 51.4 Å². The van der Waals surface area contributed by atoms with E-state index < -0.39 is 28.9 Å². The van der Waals surface area contributed by atoms with Gasteiger partial charge in [0.25, 0.3) is 11.5 Å². The number of nitrogens with zero attached hydrogens (tertiary/aromatic N) is 3. The van der Waals surface area contributed by atoms with Crippen LogP contribution in [0.5, 0.6) is 0 Å². The van der Waals surface area contributed by atoms with Crippen LogP contribution in [0.1, 0.15) is 59.3 Å². The topological polar surface area (TPSA) is 88.1 Å². The van der Waals surface area contributed by atoms with Crippen molar-refractivity contribution in [3.8, 4) is 0 Å². The number of H-pyrrole nitrogens is 1. The maximum Gasteiger partial charge on any atom is 0.416 e. The Bertz CT molecular complexity index is 1320. The number of aryl methyl sites for hydroxylation is 1. The zero-order valence-electron chi connectivity index (χ0n) is 18.2. The van der Waals surface area contributed by atoms with Gasteiger partial charge in [0.05, 0.1) is 16.5 Å². The number of pyridine rings is 1. The van der Waals surface area contributed by atoms with Crippen LogP contribution in [0.3, 0.4) is 0 Å². The number of halogens is 3. The van der Waals surface area contributed by atoms with Crippen LogP contribution in [-0.4, -0.2) is 32.4 Å². The molecule has 1 amide bonds. The quantitative estimate of drug-likeness (QED) is 0.608. The van der Waals surface area contributed by atoms with Gasteiger partial charge in [-0.25, -0.2) is 9.78 Å². The van der Waals surface area contributed by atoms with Gasteiger partial charge >= 0.3 is 11.9 Å². The molecule has 0 aliphatic heterocycles. The minimum absolute atomic E-state index is 0.0386. The highest BCUT2D eigenvalue weighted by atomic mass is 19.4. The molecule has 10 heteroatoms. The summed E-state index contributed by atoms with van der Waals surface area (Å²) in [5.74, 6) is -0.304. The van der Waals surface area contributed by atoms with E-state index >= 15 is 0 Å². The van der Waals surface area contributed by atoms with Crippen molar-refractivity contribution in [3.05, 3.63) is 73.6 Å². The van der Waals surface area contributed by atoms with E-state index in [1.54, 1.807) is 6.07 Å². The summed E-state index contributed by atoms with van der Waals surface area (Å²) in [6.45, 7) is 2.27. The highest BCUT2D eigenvalue weighted by Crippen LogP contribution is 2.40. The van der Waals surface area contributed by atoms with Gasteiger partial charge in [0, 0.05) is 31.7 Å². The number of benzene rings is 1. The third-order valence-corrected chi connectivity index (χ3v) is 5.69. The fourth-order valence-electron chi connectivity index (χ4n) is 3.83. The Morgan fingerprint density at radius 3 is 2.45 bits per heavy atom. The molecule has 1 aromatic carbocycles. The fraction of sp³-hybridized carbons (Fsp3) is 0.391. The van der Waals surface area contributed by atoms with Gasteiger partial charge in [0.1, 0.15) is 0 Å². The SMILES string of the molecule is CCCn1c(=O)[nH]c(=O)c2c(C(=O)N(C)Cc3ccc(C(F)(F)F)cc3)cc(C3CC3)nc21. The summed E-state index contributed by atoms with van der Waals surface area (Å²) in [7, 11) is 1.51. The number of hydrogen-bond acceptors (Lipinski definition) is 4. The van der Waals surface area contributed by atoms with E-state index in [1.165, 1.54) is 28.6 Å². The van der Waals surface area contributed by atoms with Crippen LogP contribution in [0, 0.1) is 0 Å². The smallest absolute Gasteiger partial charge is 0.337 e. The van der Waals surface area contributed by atoms with E-state index in [9.17, 15) is 27.6 Å². The molecule has 0 unspecified atom stereocenters. The van der Waals surface area contributed by atoms with Gasteiger partial charge in [0.15, 0.2) is 5.65 Å². The Morgan fingerprint density at radius 2 is 1.88 bits per heavy atom. The summed E-state index contributed by atoms with van der Waals surface area (Å²) >= 11 is 0. The van der Waals surface area contributed by atoms with Crippen LogP contribution in [0.2, 0.25) is 0 Å². The van der Waals surface area contributed by atoms with E-state index in [0.29, 0.717) is 24.2 Å². The first kappa shape index (κ1) is 22.8. The largest absolute Gasteiger partial charge is 0.416 e. The minimum atomic E-state index is -4.44. The van der Waals surface area contributed by atoms with Crippen molar-refractivity contribution in [1.29, 1.82) is 0 Å². The second-order valence-corrected chi connectivity index (χ2v) is 8.33. The molecule has 4 rings (SSSR count). The predicted molar refractivity (Wildman–Crippen MR) is 116 cm³/mol. The molecular formula is C23H23F3N4O3. The van der Waals surface area contributed by atoms with Gasteiger partial charge in [-0.15, -0.1) is 0 Å². The Kier molecular flexibility index (Phi) is 5.85. The summed E-state index contributed by atoms with van der Waals surface area (Å²) in [6, 6.07) is 6.17. The molecule has 0 bridgehead atoms. The van der Waals surface area contributed by atoms with Crippen molar-refractivity contribution in [2.24, 2.45) is 0 Å². The van der Waals surface area contributed by atoms with E-state index in [1.807, 2.05) is 6.92 Å². The van der Waals surface area contributed by atoms with Crippen LogP contribution in [0.15, 0.2) is 39.9 Å². The predicted octanol–water partition coefficient (Wildman–Crippen LogP) is 3.66. The van der Waals surface area contributed by atoms with Crippen LogP contribution < -0.4 is 11.2 Å². The zero-order valence-corrected chi connectivity index (χ0v) is 18.2. The molecule has 1 fully saturated rings. The molecule has 0 radical (unpaired) electrons. The first-order chi connectivity index (χ1) is 15.6. The van der Waals surface area contributed by atoms with Crippen LogP contribution in [0.4, 0.5) is 13.2 Å². The minimum Gasteiger partial charge on any atom is -0.337 e. The molecule has 7 nitrogen and oxygen atoms in total. The number of carbonyl (C=O) groups is 1. The molecule has 1 aliphatic rings. The second-order valence-electron chi connectivity index (χ2n) is 8.33. The van der Waals surface area contributed by atoms with E-state index in [0.717, 1.165) is 25.0 Å². The number of hydrogen-bond donors (Lipinski definition) is 1. The average molecular weight is 460 g/mol. The number of alkyl halides is 3. The van der Waals surface area contributed by atoms with Gasteiger partial charge < -0.3 is 4.90 Å². The number of amides is 1. The second kappa shape index (κ2) is 8.49. The highest BCUT2D eigenvalue weighted by Gasteiger charge is 2.31. The van der Waals surface area contributed by atoms with Crippen LogP contribution >= 0.6 is 0 Å². The maximum atomic E-state index is 13.4. The summed E-state index contributed by atoms with van der Waals surface area (Å²) in [5, 5.41) is 0.0386. The van der Waals surface area contributed by atoms with E-state index in [-0.39, 0.29) is 29.1 Å². The van der Waals surface area contributed by atoms with Crippen molar-refractivity contribution in [1.82, 2.24) is 19.4 Å². The van der Waals surface area contributed by atoms with Crippen molar-refractivity contribution in [3.63, 3.8) is 0 Å². The third kappa shape index (κ3) is 4.55. The summed E-state index contributed by atoms with van der Waals surface area (Å²) in [6.07, 6.45) is -1.98. The lowest BCUT2D eigenvalue weighted by Crippen LogP contribution is -2.34. The van der Waals surface area contributed by atoms with E-state index in [4.69, 9.17) is 0 Å². The summed E-state index contributed by atoms with van der Waals surface area (Å²) in [5.41, 5.74) is -0.562. The van der Waals surface area contributed by atoms with Gasteiger partial charge in [-0.2, -0.15) is 13.2 Å². The fourth-order valence-corrected chi connectivity index (χ4v) is 3.83. The zero-order chi connectivity index (χ0) is 23.9.